The van der Waals surface area contributed by atoms with Crippen LogP contribution in [0.1, 0.15) is 43.1 Å². The number of esters is 1. The quantitative estimate of drug-likeness (QED) is 0.572. The van der Waals surface area contributed by atoms with E-state index in [2.05, 4.69) is 27.0 Å². The Hall–Kier alpha value is -3.15. The summed E-state index contributed by atoms with van der Waals surface area (Å²) in [6, 6.07) is 14.2. The third-order valence-electron chi connectivity index (χ3n) is 5.41. The molecule has 1 fully saturated rings. The number of carbonyl (C=O) groups is 1. The molecule has 0 amide bonds. The molecule has 2 aromatic carbocycles. The van der Waals surface area contributed by atoms with Crippen LogP contribution in [-0.4, -0.2) is 35.6 Å². The summed E-state index contributed by atoms with van der Waals surface area (Å²) in [6.45, 7) is 4.19. The molecule has 1 N–H and O–H groups in total. The van der Waals surface area contributed by atoms with E-state index in [0.717, 1.165) is 18.7 Å². The lowest BCUT2D eigenvalue weighted by Gasteiger charge is -2.22. The Bertz CT molecular complexity index is 988. The van der Waals surface area contributed by atoms with E-state index in [9.17, 15) is 9.18 Å². The van der Waals surface area contributed by atoms with E-state index in [1.54, 1.807) is 19.1 Å². The lowest BCUT2D eigenvalue weighted by Crippen LogP contribution is -2.23. The monoisotopic (exact) mass is 407 g/mol. The average Bonchev–Trinajstić information content (AvgIpc) is 3.03. The fourth-order valence-electron chi connectivity index (χ4n) is 3.84. The highest BCUT2D eigenvalue weighted by atomic mass is 19.1. The number of H-pyrrole nitrogens is 1. The van der Waals surface area contributed by atoms with Crippen LogP contribution in [0.25, 0.3) is 22.6 Å². The summed E-state index contributed by atoms with van der Waals surface area (Å²) >= 11 is 0. The van der Waals surface area contributed by atoms with Crippen LogP contribution >= 0.6 is 0 Å². The SMILES string of the molecule is CCOC(=O)c1[nH]c(-c2ccc(N3CCCCCC3)cc2)nc1-c1ccc(F)cc1. The molecule has 1 saturated heterocycles. The summed E-state index contributed by atoms with van der Waals surface area (Å²) in [5.41, 5.74) is 3.47. The zero-order valence-electron chi connectivity index (χ0n) is 17.2. The van der Waals surface area contributed by atoms with Gasteiger partial charge in [-0.2, -0.15) is 0 Å². The highest BCUT2D eigenvalue weighted by Gasteiger charge is 2.21. The van der Waals surface area contributed by atoms with Crippen molar-refractivity contribution in [3.05, 3.63) is 60.0 Å². The smallest absolute Gasteiger partial charge is 0.357 e. The molecule has 5 nitrogen and oxygen atoms in total. The van der Waals surface area contributed by atoms with Gasteiger partial charge in [-0.1, -0.05) is 12.8 Å². The highest BCUT2D eigenvalue weighted by Crippen LogP contribution is 2.29. The van der Waals surface area contributed by atoms with Crippen LogP contribution < -0.4 is 4.90 Å². The van der Waals surface area contributed by atoms with Crippen LogP contribution in [0.3, 0.4) is 0 Å². The summed E-state index contributed by atoms with van der Waals surface area (Å²) in [5.74, 6) is -0.229. The molecule has 0 atom stereocenters. The number of carbonyl (C=O) groups excluding carboxylic acids is 1. The largest absolute Gasteiger partial charge is 0.461 e. The van der Waals surface area contributed by atoms with Crippen molar-refractivity contribution in [3.8, 4) is 22.6 Å². The van der Waals surface area contributed by atoms with Crippen LogP contribution in [0.5, 0.6) is 0 Å². The van der Waals surface area contributed by atoms with E-state index in [0.29, 0.717) is 17.1 Å². The molecule has 1 aromatic heterocycles. The minimum atomic E-state index is -0.475. The van der Waals surface area contributed by atoms with Gasteiger partial charge in [-0.05, 0) is 68.3 Å². The molecular formula is C24H26FN3O2. The number of hydrogen-bond donors (Lipinski definition) is 1. The highest BCUT2D eigenvalue weighted by molar-refractivity contribution is 5.95. The van der Waals surface area contributed by atoms with Crippen LogP contribution in [0, 0.1) is 5.82 Å². The average molecular weight is 407 g/mol. The summed E-state index contributed by atoms with van der Waals surface area (Å²) < 4.78 is 18.5. The number of nitrogens with one attached hydrogen (secondary N) is 1. The third kappa shape index (κ3) is 4.37. The van der Waals surface area contributed by atoms with Crippen molar-refractivity contribution in [1.29, 1.82) is 0 Å². The molecule has 3 aromatic rings. The number of hydrogen-bond acceptors (Lipinski definition) is 4. The fraction of sp³-hybridized carbons (Fsp3) is 0.333. The first-order valence-electron chi connectivity index (χ1n) is 10.5. The maximum absolute atomic E-state index is 13.3. The van der Waals surface area contributed by atoms with E-state index < -0.39 is 5.97 Å². The van der Waals surface area contributed by atoms with Gasteiger partial charge in [-0.3, -0.25) is 0 Å². The van der Waals surface area contributed by atoms with E-state index in [1.807, 2.05) is 12.1 Å². The number of aromatic amines is 1. The first-order valence-corrected chi connectivity index (χ1v) is 10.5. The van der Waals surface area contributed by atoms with Crippen molar-refractivity contribution in [2.24, 2.45) is 0 Å². The molecular weight excluding hydrogens is 381 g/mol. The van der Waals surface area contributed by atoms with Gasteiger partial charge in [0.15, 0.2) is 5.69 Å². The summed E-state index contributed by atoms with van der Waals surface area (Å²) in [5, 5.41) is 0. The number of imidazole rings is 1. The number of nitrogens with zero attached hydrogens (tertiary/aromatic N) is 2. The van der Waals surface area contributed by atoms with Gasteiger partial charge in [0, 0.05) is 29.9 Å². The second kappa shape index (κ2) is 9.11. The molecule has 0 saturated carbocycles. The molecule has 0 aliphatic carbocycles. The van der Waals surface area contributed by atoms with Crippen molar-refractivity contribution in [2.75, 3.05) is 24.6 Å². The first-order chi connectivity index (χ1) is 14.7. The molecule has 0 unspecified atom stereocenters. The first kappa shape index (κ1) is 20.1. The van der Waals surface area contributed by atoms with Gasteiger partial charge in [0.1, 0.15) is 17.3 Å². The van der Waals surface area contributed by atoms with Gasteiger partial charge in [-0.15, -0.1) is 0 Å². The molecule has 0 radical (unpaired) electrons. The van der Waals surface area contributed by atoms with Gasteiger partial charge < -0.3 is 14.6 Å². The maximum atomic E-state index is 13.3. The molecule has 4 rings (SSSR count). The van der Waals surface area contributed by atoms with Crippen molar-refractivity contribution in [3.63, 3.8) is 0 Å². The molecule has 6 heteroatoms. The van der Waals surface area contributed by atoms with Crippen molar-refractivity contribution in [1.82, 2.24) is 9.97 Å². The van der Waals surface area contributed by atoms with Crippen molar-refractivity contribution < 1.29 is 13.9 Å². The standard InChI is InChI=1S/C24H26FN3O2/c1-2-30-24(29)22-21(17-7-11-19(25)12-8-17)26-23(27-22)18-9-13-20(14-10-18)28-15-5-3-4-6-16-28/h7-14H,2-6,15-16H2,1H3,(H,26,27). The summed E-state index contributed by atoms with van der Waals surface area (Å²) in [7, 11) is 0. The van der Waals surface area contributed by atoms with Crippen LogP contribution in [0.4, 0.5) is 10.1 Å². The Kier molecular flexibility index (Phi) is 6.12. The molecule has 156 valence electrons. The summed E-state index contributed by atoms with van der Waals surface area (Å²) in [6.07, 6.45) is 5.04. The van der Waals surface area contributed by atoms with E-state index >= 15 is 0 Å². The number of halogens is 1. The number of anilines is 1. The van der Waals surface area contributed by atoms with Crippen LogP contribution in [0.15, 0.2) is 48.5 Å². The Morgan fingerprint density at radius 3 is 2.27 bits per heavy atom. The number of aromatic nitrogens is 2. The topological polar surface area (TPSA) is 58.2 Å². The van der Waals surface area contributed by atoms with Crippen LogP contribution in [0.2, 0.25) is 0 Å². The van der Waals surface area contributed by atoms with Gasteiger partial charge in [-0.25, -0.2) is 14.2 Å². The van der Waals surface area contributed by atoms with Gasteiger partial charge in [0.05, 0.1) is 6.61 Å². The molecule has 0 bridgehead atoms. The van der Waals surface area contributed by atoms with E-state index in [-0.39, 0.29) is 18.1 Å². The number of rotatable bonds is 5. The molecule has 1 aliphatic rings. The van der Waals surface area contributed by atoms with Gasteiger partial charge in [0.25, 0.3) is 0 Å². The predicted molar refractivity (Wildman–Crippen MR) is 116 cm³/mol. The number of benzene rings is 2. The zero-order chi connectivity index (χ0) is 20.9. The minimum Gasteiger partial charge on any atom is -0.461 e. The Balaban J connectivity index is 1.65. The molecule has 30 heavy (non-hydrogen) atoms. The van der Waals surface area contributed by atoms with Crippen molar-refractivity contribution >= 4 is 11.7 Å². The molecule has 0 spiro atoms. The second-order valence-electron chi connectivity index (χ2n) is 7.48. The van der Waals surface area contributed by atoms with Gasteiger partial charge >= 0.3 is 5.97 Å². The Labute approximate surface area is 175 Å². The Morgan fingerprint density at radius 2 is 1.63 bits per heavy atom. The lowest BCUT2D eigenvalue weighted by atomic mass is 10.1. The molecule has 1 aliphatic heterocycles. The zero-order valence-corrected chi connectivity index (χ0v) is 17.2. The minimum absolute atomic E-state index is 0.264. The molecule has 2 heterocycles. The van der Waals surface area contributed by atoms with Gasteiger partial charge in [0.2, 0.25) is 0 Å². The summed E-state index contributed by atoms with van der Waals surface area (Å²) in [4.78, 5) is 22.7. The number of ether oxygens (including phenoxy) is 1. The predicted octanol–water partition coefficient (Wildman–Crippen LogP) is 5.44. The Morgan fingerprint density at radius 1 is 1.00 bits per heavy atom. The maximum Gasteiger partial charge on any atom is 0.357 e. The third-order valence-corrected chi connectivity index (χ3v) is 5.41. The van der Waals surface area contributed by atoms with Crippen LogP contribution in [-0.2, 0) is 4.74 Å². The second-order valence-corrected chi connectivity index (χ2v) is 7.48. The van der Waals surface area contributed by atoms with Crippen molar-refractivity contribution in [2.45, 2.75) is 32.6 Å². The lowest BCUT2D eigenvalue weighted by molar-refractivity contribution is 0.0521. The fourth-order valence-corrected chi connectivity index (χ4v) is 3.84. The van der Waals surface area contributed by atoms with E-state index in [1.165, 1.54) is 43.5 Å². The normalized spacial score (nSPS) is 14.4. The van der Waals surface area contributed by atoms with E-state index in [4.69, 9.17) is 4.74 Å².